The summed E-state index contributed by atoms with van der Waals surface area (Å²) in [5, 5.41) is 0. The van der Waals surface area contributed by atoms with Gasteiger partial charge in [0.05, 0.1) is 0 Å². The lowest BCUT2D eigenvalue weighted by atomic mass is 9.81. The van der Waals surface area contributed by atoms with Crippen LogP contribution < -0.4 is 0 Å². The van der Waals surface area contributed by atoms with E-state index in [1.807, 2.05) is 0 Å². The van der Waals surface area contributed by atoms with E-state index in [-0.39, 0.29) is 0 Å². The number of hydrogen-bond donors (Lipinski definition) is 0. The van der Waals surface area contributed by atoms with Crippen molar-refractivity contribution in [3.05, 3.63) is 42.3 Å². The van der Waals surface area contributed by atoms with Crippen LogP contribution in [0.5, 0.6) is 0 Å². The average Bonchev–Trinajstić information content (AvgIpc) is 1.99. The molecule has 0 aromatic heterocycles. The summed E-state index contributed by atoms with van der Waals surface area (Å²) in [7, 11) is 0. The molecule has 0 aliphatic heterocycles. The Bertz CT molecular complexity index is 209. The fourth-order valence-corrected chi connectivity index (χ4v) is 1.50. The minimum Gasteiger partial charge on any atom is -0.0622 e. The van der Waals surface area contributed by atoms with Gasteiger partial charge in [0.15, 0.2) is 0 Å². The Morgan fingerprint density at radius 1 is 1.18 bits per heavy atom. The first kappa shape index (κ1) is 6.90. The minimum absolute atomic E-state index is 0.873. The van der Waals surface area contributed by atoms with Crippen LogP contribution in [0.3, 0.4) is 0 Å². The molecule has 57 valence electrons. The summed E-state index contributed by atoms with van der Waals surface area (Å²) in [4.78, 5) is 0. The molecule has 0 saturated heterocycles. The Kier molecular flexibility index (Phi) is 1.93. The molecular weight excluding hydrogens is 132 g/mol. The van der Waals surface area contributed by atoms with Crippen molar-refractivity contribution >= 4 is 0 Å². The second-order valence-corrected chi connectivity index (χ2v) is 3.26. The summed E-state index contributed by atoms with van der Waals surface area (Å²) in [6.45, 7) is 0. The van der Waals surface area contributed by atoms with Gasteiger partial charge in [0, 0.05) is 0 Å². The molecule has 1 atom stereocenters. The molecule has 11 heavy (non-hydrogen) atoms. The molecule has 1 aliphatic carbocycles. The molecule has 0 heterocycles. The molecule has 0 nitrogen and oxygen atoms in total. The Hall–Kier alpha value is -0.780. The highest BCUT2D eigenvalue weighted by Gasteiger charge is 2.17. The molecule has 0 bridgehead atoms. The van der Waals surface area contributed by atoms with Gasteiger partial charge >= 0.3 is 0 Å². The summed E-state index contributed by atoms with van der Waals surface area (Å²) in [5.41, 5.74) is 1.48. The summed E-state index contributed by atoms with van der Waals surface area (Å²) >= 11 is 0. The van der Waals surface area contributed by atoms with Crippen LogP contribution in [0.15, 0.2) is 30.3 Å². The predicted molar refractivity (Wildman–Crippen MR) is 47.2 cm³/mol. The molecule has 2 rings (SSSR count). The maximum absolute atomic E-state index is 2.42. The second-order valence-electron chi connectivity index (χ2n) is 3.26. The lowest BCUT2D eigenvalue weighted by Gasteiger charge is -2.24. The van der Waals surface area contributed by atoms with Crippen molar-refractivity contribution in [3.8, 4) is 0 Å². The van der Waals surface area contributed by atoms with Crippen LogP contribution in [0.2, 0.25) is 0 Å². The van der Waals surface area contributed by atoms with Crippen molar-refractivity contribution in [2.45, 2.75) is 19.3 Å². The van der Waals surface area contributed by atoms with Crippen LogP contribution in [0.1, 0.15) is 18.4 Å². The largest absolute Gasteiger partial charge is 0.0622 e. The predicted octanol–water partition coefficient (Wildman–Crippen LogP) is 2.84. The monoisotopic (exact) mass is 145 g/mol. The van der Waals surface area contributed by atoms with E-state index in [2.05, 4.69) is 36.8 Å². The van der Waals surface area contributed by atoms with Crippen LogP contribution >= 0.6 is 0 Å². The zero-order valence-corrected chi connectivity index (χ0v) is 6.66. The van der Waals surface area contributed by atoms with E-state index in [4.69, 9.17) is 0 Å². The minimum atomic E-state index is 0.873. The van der Waals surface area contributed by atoms with Crippen LogP contribution in [0.4, 0.5) is 0 Å². The average molecular weight is 145 g/mol. The second kappa shape index (κ2) is 3.08. The first-order valence-corrected chi connectivity index (χ1v) is 4.32. The maximum Gasteiger partial charge on any atom is -0.0248 e. The topological polar surface area (TPSA) is 0 Å². The van der Waals surface area contributed by atoms with Crippen molar-refractivity contribution in [3.63, 3.8) is 0 Å². The van der Waals surface area contributed by atoms with E-state index in [1.165, 1.54) is 24.8 Å². The Balaban J connectivity index is 1.95. The first-order chi connectivity index (χ1) is 5.45. The summed E-state index contributed by atoms with van der Waals surface area (Å²) in [6, 6.07) is 10.7. The van der Waals surface area contributed by atoms with Crippen LogP contribution in [0.25, 0.3) is 0 Å². The van der Waals surface area contributed by atoms with Gasteiger partial charge in [-0.3, -0.25) is 0 Å². The number of rotatable bonds is 2. The third kappa shape index (κ3) is 1.62. The third-order valence-corrected chi connectivity index (χ3v) is 2.38. The van der Waals surface area contributed by atoms with Crippen molar-refractivity contribution in [2.24, 2.45) is 5.92 Å². The highest BCUT2D eigenvalue weighted by Crippen LogP contribution is 2.28. The molecule has 1 aromatic rings. The molecule has 0 heteroatoms. The first-order valence-electron chi connectivity index (χ1n) is 4.32. The van der Waals surface area contributed by atoms with Crippen molar-refractivity contribution < 1.29 is 0 Å². The Morgan fingerprint density at radius 3 is 2.45 bits per heavy atom. The van der Waals surface area contributed by atoms with Crippen LogP contribution in [0, 0.1) is 12.3 Å². The SMILES string of the molecule is [CH]1CCC1Cc1ccccc1. The quantitative estimate of drug-likeness (QED) is 0.600. The van der Waals surface area contributed by atoms with Crippen LogP contribution in [-0.2, 0) is 6.42 Å². The standard InChI is InChI=1S/C11H13/c1-2-5-10(6-3-1)9-11-7-4-8-11/h1-3,5-7,11H,4,8-9H2. The van der Waals surface area contributed by atoms with E-state index in [9.17, 15) is 0 Å². The normalized spacial score (nSPS) is 17.8. The molecule has 1 unspecified atom stereocenters. The van der Waals surface area contributed by atoms with Gasteiger partial charge in [0.2, 0.25) is 0 Å². The molecule has 1 saturated carbocycles. The molecular formula is C11H13. The van der Waals surface area contributed by atoms with E-state index >= 15 is 0 Å². The third-order valence-electron chi connectivity index (χ3n) is 2.38. The van der Waals surface area contributed by atoms with Gasteiger partial charge in [-0.2, -0.15) is 0 Å². The number of hydrogen-bond acceptors (Lipinski definition) is 0. The van der Waals surface area contributed by atoms with Crippen molar-refractivity contribution in [1.29, 1.82) is 0 Å². The van der Waals surface area contributed by atoms with Crippen LogP contribution in [-0.4, -0.2) is 0 Å². The number of benzene rings is 1. The zero-order chi connectivity index (χ0) is 7.52. The van der Waals surface area contributed by atoms with E-state index < -0.39 is 0 Å². The van der Waals surface area contributed by atoms with Gasteiger partial charge in [0.1, 0.15) is 0 Å². The van der Waals surface area contributed by atoms with Gasteiger partial charge in [-0.25, -0.2) is 0 Å². The molecule has 1 radical (unpaired) electrons. The fraction of sp³-hybridized carbons (Fsp3) is 0.364. The summed E-state index contributed by atoms with van der Waals surface area (Å²) < 4.78 is 0. The van der Waals surface area contributed by atoms with Gasteiger partial charge in [0.25, 0.3) is 0 Å². The van der Waals surface area contributed by atoms with Gasteiger partial charge in [-0.15, -0.1) is 0 Å². The summed E-state index contributed by atoms with van der Waals surface area (Å²) in [5.74, 6) is 0.873. The lowest BCUT2D eigenvalue weighted by Crippen LogP contribution is -2.14. The smallest absolute Gasteiger partial charge is 0.0248 e. The maximum atomic E-state index is 2.42. The molecule has 1 aliphatic rings. The summed E-state index contributed by atoms with van der Waals surface area (Å²) in [6.07, 6.45) is 6.40. The fourth-order valence-electron chi connectivity index (χ4n) is 1.50. The van der Waals surface area contributed by atoms with E-state index in [0.717, 1.165) is 5.92 Å². The van der Waals surface area contributed by atoms with Gasteiger partial charge in [-0.05, 0) is 37.2 Å². The lowest BCUT2D eigenvalue weighted by molar-refractivity contribution is 0.430. The Labute approximate surface area is 68.3 Å². The molecule has 0 spiro atoms. The molecule has 1 aromatic carbocycles. The van der Waals surface area contributed by atoms with Gasteiger partial charge in [-0.1, -0.05) is 30.3 Å². The van der Waals surface area contributed by atoms with E-state index in [1.54, 1.807) is 0 Å². The highest BCUT2D eigenvalue weighted by molar-refractivity contribution is 5.16. The van der Waals surface area contributed by atoms with E-state index in [0.29, 0.717) is 0 Å². The molecule has 0 amide bonds. The van der Waals surface area contributed by atoms with Gasteiger partial charge < -0.3 is 0 Å². The molecule has 1 fully saturated rings. The Morgan fingerprint density at radius 2 is 1.91 bits per heavy atom. The molecule has 0 N–H and O–H groups in total. The van der Waals surface area contributed by atoms with Crippen molar-refractivity contribution in [2.75, 3.05) is 0 Å². The zero-order valence-electron chi connectivity index (χ0n) is 6.66. The van der Waals surface area contributed by atoms with Crippen molar-refractivity contribution in [1.82, 2.24) is 0 Å². The highest BCUT2D eigenvalue weighted by atomic mass is 14.2.